The summed E-state index contributed by atoms with van der Waals surface area (Å²) in [6.45, 7) is 0. The van der Waals surface area contributed by atoms with Crippen LogP contribution in [-0.4, -0.2) is 38.6 Å². The van der Waals surface area contributed by atoms with Crippen molar-refractivity contribution >= 4 is 5.97 Å². The van der Waals surface area contributed by atoms with E-state index in [9.17, 15) is 4.79 Å². The van der Waals surface area contributed by atoms with Gasteiger partial charge in [-0.15, -0.1) is 0 Å². The van der Waals surface area contributed by atoms with Gasteiger partial charge in [-0.3, -0.25) is 4.79 Å². The number of hydrogen-bond acceptors (Lipinski definition) is 4. The lowest BCUT2D eigenvalue weighted by Gasteiger charge is -2.09. The molecule has 70 valence electrons. The maximum absolute atomic E-state index is 10.0. The Bertz CT molecular complexity index is 165. The third kappa shape index (κ3) is 5.70. The smallest absolute Gasteiger partial charge is 0.305 e. The number of carboxylic acids is 1. The second-order valence-electron chi connectivity index (χ2n) is 2.40. The molecule has 0 unspecified atom stereocenters. The average Bonchev–Trinajstić information content (AvgIpc) is 1.84. The minimum atomic E-state index is -1.12. The van der Waals surface area contributed by atoms with Crippen LogP contribution in [0.15, 0.2) is 12.3 Å². The molecule has 0 spiro atoms. The minimum absolute atomic E-state index is 0.0939. The molecule has 0 amide bonds. The van der Waals surface area contributed by atoms with Crippen molar-refractivity contribution in [1.29, 1.82) is 0 Å². The molecule has 0 fully saturated rings. The first-order valence-corrected chi connectivity index (χ1v) is 3.45. The van der Waals surface area contributed by atoms with E-state index in [2.05, 4.69) is 0 Å². The first kappa shape index (κ1) is 10.9. The zero-order valence-electron chi connectivity index (χ0n) is 6.42. The van der Waals surface area contributed by atoms with E-state index >= 15 is 0 Å². The molecule has 2 atom stereocenters. The second-order valence-corrected chi connectivity index (χ2v) is 2.40. The summed E-state index contributed by atoms with van der Waals surface area (Å²) in [6, 6.07) is 0. The number of rotatable bonds is 5. The van der Waals surface area contributed by atoms with E-state index in [1.165, 1.54) is 0 Å². The summed E-state index contributed by atoms with van der Waals surface area (Å²) < 4.78 is 0. The molecule has 0 rings (SSSR count). The maximum Gasteiger partial charge on any atom is 0.305 e. The largest absolute Gasteiger partial charge is 0.516 e. The molecule has 0 radical (unpaired) electrons. The monoisotopic (exact) mass is 176 g/mol. The van der Waals surface area contributed by atoms with Crippen molar-refractivity contribution < 1.29 is 25.2 Å². The molecule has 0 aliphatic heterocycles. The Kier molecular flexibility index (Phi) is 5.07. The summed E-state index contributed by atoms with van der Waals surface area (Å²) in [6.07, 6.45) is -0.888. The van der Waals surface area contributed by atoms with Gasteiger partial charge < -0.3 is 20.4 Å². The maximum atomic E-state index is 10.0. The van der Waals surface area contributed by atoms with Crippen LogP contribution in [0.1, 0.15) is 12.8 Å². The quantitative estimate of drug-likeness (QED) is 0.429. The van der Waals surface area contributed by atoms with Crippen molar-refractivity contribution in [3.63, 3.8) is 0 Å². The first-order valence-electron chi connectivity index (χ1n) is 3.45. The van der Waals surface area contributed by atoms with E-state index in [0.717, 1.165) is 6.08 Å². The molecule has 0 aliphatic carbocycles. The number of aliphatic carboxylic acids is 1. The fourth-order valence-electron chi connectivity index (χ4n) is 0.742. The Hall–Kier alpha value is -1.07. The van der Waals surface area contributed by atoms with Gasteiger partial charge in [0.1, 0.15) is 0 Å². The molecule has 0 aliphatic rings. The van der Waals surface area contributed by atoms with E-state index in [4.69, 9.17) is 20.4 Å². The van der Waals surface area contributed by atoms with Crippen LogP contribution in [0.5, 0.6) is 0 Å². The molecule has 0 aromatic heterocycles. The third-order valence-electron chi connectivity index (χ3n) is 1.23. The SMILES string of the molecule is O=C(O)C[C@H](O)C[C@H](O)/C=C/O. The third-order valence-corrected chi connectivity index (χ3v) is 1.23. The zero-order chi connectivity index (χ0) is 9.56. The van der Waals surface area contributed by atoms with Crippen LogP contribution in [0.25, 0.3) is 0 Å². The van der Waals surface area contributed by atoms with E-state index < -0.39 is 24.6 Å². The normalized spacial score (nSPS) is 16.2. The van der Waals surface area contributed by atoms with E-state index in [1.807, 2.05) is 0 Å². The molecule has 0 saturated carbocycles. The molecular weight excluding hydrogens is 164 g/mol. The molecular formula is C7H12O5. The van der Waals surface area contributed by atoms with Crippen LogP contribution in [-0.2, 0) is 4.79 Å². The summed E-state index contributed by atoms with van der Waals surface area (Å²) in [5.74, 6) is -1.12. The van der Waals surface area contributed by atoms with Crippen LogP contribution < -0.4 is 0 Å². The van der Waals surface area contributed by atoms with Gasteiger partial charge in [-0.1, -0.05) is 0 Å². The Morgan fingerprint density at radius 2 is 2.00 bits per heavy atom. The van der Waals surface area contributed by atoms with E-state index in [1.54, 1.807) is 0 Å². The average molecular weight is 176 g/mol. The number of aliphatic hydroxyl groups is 3. The van der Waals surface area contributed by atoms with Crippen molar-refractivity contribution in [3.05, 3.63) is 12.3 Å². The summed E-state index contributed by atoms with van der Waals surface area (Å²) in [5, 5.41) is 34.3. The summed E-state index contributed by atoms with van der Waals surface area (Å²) in [4.78, 5) is 10.0. The van der Waals surface area contributed by atoms with Crippen molar-refractivity contribution in [3.8, 4) is 0 Å². The summed E-state index contributed by atoms with van der Waals surface area (Å²) in [7, 11) is 0. The predicted octanol–water partition coefficient (Wildman–Crippen LogP) is -0.355. The van der Waals surface area contributed by atoms with Gasteiger partial charge in [-0.05, 0) is 6.08 Å². The Morgan fingerprint density at radius 3 is 2.42 bits per heavy atom. The Labute approximate surface area is 69.6 Å². The van der Waals surface area contributed by atoms with Crippen LogP contribution in [0.4, 0.5) is 0 Å². The highest BCUT2D eigenvalue weighted by Gasteiger charge is 2.12. The standard InChI is InChI=1S/C7H12O5/c8-2-1-5(9)3-6(10)4-7(11)12/h1-2,5-6,8-10H,3-4H2,(H,11,12)/b2-1+/t5-,6-/m1/s1. The highest BCUT2D eigenvalue weighted by molar-refractivity contribution is 5.67. The van der Waals surface area contributed by atoms with Crippen LogP contribution in [0, 0.1) is 0 Å². The van der Waals surface area contributed by atoms with Crippen molar-refractivity contribution in [2.75, 3.05) is 0 Å². The van der Waals surface area contributed by atoms with E-state index in [-0.39, 0.29) is 6.42 Å². The fourth-order valence-corrected chi connectivity index (χ4v) is 0.742. The van der Waals surface area contributed by atoms with Gasteiger partial charge in [0.25, 0.3) is 0 Å². The van der Waals surface area contributed by atoms with Crippen molar-refractivity contribution in [2.45, 2.75) is 25.0 Å². The molecule has 0 aromatic rings. The first-order chi connectivity index (χ1) is 5.56. The summed E-state index contributed by atoms with van der Waals surface area (Å²) >= 11 is 0. The molecule has 5 heteroatoms. The topological polar surface area (TPSA) is 98.0 Å². The molecule has 0 heterocycles. The second kappa shape index (κ2) is 5.56. The summed E-state index contributed by atoms with van der Waals surface area (Å²) in [5.41, 5.74) is 0. The molecule has 0 aromatic carbocycles. The zero-order valence-corrected chi connectivity index (χ0v) is 6.42. The lowest BCUT2D eigenvalue weighted by Crippen LogP contribution is -2.19. The number of aliphatic hydroxyl groups excluding tert-OH is 3. The minimum Gasteiger partial charge on any atom is -0.516 e. The molecule has 0 bridgehead atoms. The van der Waals surface area contributed by atoms with Crippen LogP contribution in [0.2, 0.25) is 0 Å². The number of hydrogen-bond donors (Lipinski definition) is 4. The highest BCUT2D eigenvalue weighted by Crippen LogP contribution is 2.03. The molecule has 5 nitrogen and oxygen atoms in total. The van der Waals surface area contributed by atoms with E-state index in [0.29, 0.717) is 6.26 Å². The Balaban J connectivity index is 3.67. The fraction of sp³-hybridized carbons (Fsp3) is 0.571. The number of carbonyl (C=O) groups is 1. The van der Waals surface area contributed by atoms with Crippen molar-refractivity contribution in [1.82, 2.24) is 0 Å². The van der Waals surface area contributed by atoms with Gasteiger partial charge in [-0.2, -0.15) is 0 Å². The van der Waals surface area contributed by atoms with Crippen molar-refractivity contribution in [2.24, 2.45) is 0 Å². The lowest BCUT2D eigenvalue weighted by molar-refractivity contribution is -0.139. The molecule has 4 N–H and O–H groups in total. The van der Waals surface area contributed by atoms with Gasteiger partial charge in [0.05, 0.1) is 24.9 Å². The highest BCUT2D eigenvalue weighted by atomic mass is 16.4. The lowest BCUT2D eigenvalue weighted by atomic mass is 10.1. The van der Waals surface area contributed by atoms with Gasteiger partial charge in [0.15, 0.2) is 0 Å². The molecule has 12 heavy (non-hydrogen) atoms. The number of carboxylic acid groups (broad SMARTS) is 1. The van der Waals surface area contributed by atoms with Gasteiger partial charge in [0.2, 0.25) is 0 Å². The molecule has 0 saturated heterocycles. The van der Waals surface area contributed by atoms with Gasteiger partial charge >= 0.3 is 5.97 Å². The van der Waals surface area contributed by atoms with Gasteiger partial charge in [0, 0.05) is 6.42 Å². The van der Waals surface area contributed by atoms with Crippen LogP contribution in [0.3, 0.4) is 0 Å². The Morgan fingerprint density at radius 1 is 1.42 bits per heavy atom. The van der Waals surface area contributed by atoms with Gasteiger partial charge in [-0.25, -0.2) is 0 Å². The van der Waals surface area contributed by atoms with Crippen LogP contribution >= 0.6 is 0 Å². The predicted molar refractivity (Wildman–Crippen MR) is 40.7 cm³/mol.